The van der Waals surface area contributed by atoms with Crippen molar-refractivity contribution in [3.05, 3.63) is 58.1 Å². The maximum absolute atomic E-state index is 12.5. The molecule has 0 saturated carbocycles. The first-order valence-corrected chi connectivity index (χ1v) is 8.25. The third-order valence-corrected chi connectivity index (χ3v) is 5.08. The molecule has 2 aromatic carbocycles. The van der Waals surface area contributed by atoms with E-state index in [2.05, 4.69) is 9.46 Å². The van der Waals surface area contributed by atoms with Gasteiger partial charge in [0.1, 0.15) is 4.90 Å². The molecule has 0 aliphatic carbocycles. The van der Waals surface area contributed by atoms with Crippen molar-refractivity contribution in [2.24, 2.45) is 0 Å². The molecule has 0 spiro atoms. The molecule has 2 rings (SSSR count). The van der Waals surface area contributed by atoms with Crippen LogP contribution in [0.5, 0.6) is 0 Å². The van der Waals surface area contributed by atoms with E-state index in [9.17, 15) is 13.2 Å². The smallest absolute Gasteiger partial charge is 0.339 e. The van der Waals surface area contributed by atoms with Gasteiger partial charge in [0.25, 0.3) is 10.0 Å². The molecule has 0 unspecified atom stereocenters. The molecular weight excluding hydrogens is 349 g/mol. The van der Waals surface area contributed by atoms with Gasteiger partial charge in [-0.25, -0.2) is 13.2 Å². The van der Waals surface area contributed by atoms with Crippen molar-refractivity contribution in [1.82, 2.24) is 0 Å². The van der Waals surface area contributed by atoms with E-state index in [1.54, 1.807) is 12.1 Å². The van der Waals surface area contributed by atoms with Gasteiger partial charge < -0.3 is 4.74 Å². The zero-order valence-corrected chi connectivity index (χ0v) is 13.7. The molecular formula is C14H11Cl2NO4S. The Balaban J connectivity index is 2.49. The van der Waals surface area contributed by atoms with Gasteiger partial charge in [-0.05, 0) is 24.3 Å². The van der Waals surface area contributed by atoms with Crippen molar-refractivity contribution in [3.8, 4) is 0 Å². The van der Waals surface area contributed by atoms with Crippen molar-refractivity contribution >= 4 is 44.9 Å². The van der Waals surface area contributed by atoms with Crippen molar-refractivity contribution < 1.29 is 17.9 Å². The lowest BCUT2D eigenvalue weighted by Gasteiger charge is -2.13. The minimum atomic E-state index is -4.06. The van der Waals surface area contributed by atoms with Crippen LogP contribution in [0.3, 0.4) is 0 Å². The molecule has 0 heterocycles. The van der Waals surface area contributed by atoms with Crippen LogP contribution in [0.1, 0.15) is 10.4 Å². The number of benzene rings is 2. The Kier molecular flexibility index (Phi) is 4.95. The van der Waals surface area contributed by atoms with Gasteiger partial charge >= 0.3 is 5.97 Å². The molecule has 0 saturated heterocycles. The highest BCUT2D eigenvalue weighted by atomic mass is 35.5. The van der Waals surface area contributed by atoms with Crippen LogP contribution in [-0.4, -0.2) is 21.5 Å². The highest BCUT2D eigenvalue weighted by Gasteiger charge is 2.23. The van der Waals surface area contributed by atoms with Gasteiger partial charge in [0.2, 0.25) is 0 Å². The number of methoxy groups -OCH3 is 1. The molecule has 0 aromatic heterocycles. The molecule has 0 bridgehead atoms. The van der Waals surface area contributed by atoms with E-state index in [4.69, 9.17) is 23.2 Å². The minimum Gasteiger partial charge on any atom is -0.465 e. The Morgan fingerprint density at radius 2 is 1.64 bits per heavy atom. The lowest BCUT2D eigenvalue weighted by Crippen LogP contribution is -2.16. The molecule has 0 aliphatic rings. The number of nitrogens with one attached hydrogen (secondary N) is 1. The third-order valence-electron chi connectivity index (χ3n) is 2.76. The van der Waals surface area contributed by atoms with Crippen LogP contribution in [0.25, 0.3) is 0 Å². The molecule has 0 atom stereocenters. The van der Waals surface area contributed by atoms with E-state index in [0.717, 1.165) is 0 Å². The van der Waals surface area contributed by atoms with E-state index in [0.29, 0.717) is 0 Å². The summed E-state index contributed by atoms with van der Waals surface area (Å²) in [6.07, 6.45) is 0. The van der Waals surface area contributed by atoms with Gasteiger partial charge in [0.15, 0.2) is 0 Å². The first-order chi connectivity index (χ1) is 10.4. The maximum Gasteiger partial charge on any atom is 0.339 e. The van der Waals surface area contributed by atoms with E-state index >= 15 is 0 Å². The van der Waals surface area contributed by atoms with Crippen LogP contribution < -0.4 is 4.72 Å². The molecule has 1 N–H and O–H groups in total. The number of hydrogen-bond donors (Lipinski definition) is 1. The summed E-state index contributed by atoms with van der Waals surface area (Å²) >= 11 is 11.8. The molecule has 0 amide bonds. The molecule has 5 nitrogen and oxygen atoms in total. The van der Waals surface area contributed by atoms with Gasteiger partial charge in [-0.3, -0.25) is 4.72 Å². The summed E-state index contributed by atoms with van der Waals surface area (Å²) in [6, 6.07) is 10.4. The van der Waals surface area contributed by atoms with Gasteiger partial charge in [0.05, 0.1) is 28.4 Å². The summed E-state index contributed by atoms with van der Waals surface area (Å²) in [4.78, 5) is 11.4. The monoisotopic (exact) mass is 359 g/mol. The highest BCUT2D eigenvalue weighted by molar-refractivity contribution is 7.93. The Morgan fingerprint density at radius 3 is 2.23 bits per heavy atom. The molecule has 2 aromatic rings. The lowest BCUT2D eigenvalue weighted by atomic mass is 10.2. The molecule has 8 heteroatoms. The minimum absolute atomic E-state index is 0.0180. The lowest BCUT2D eigenvalue weighted by molar-refractivity contribution is 0.0602. The molecule has 0 fully saturated rings. The average Bonchev–Trinajstić information content (AvgIpc) is 2.46. The molecule has 116 valence electrons. The second-order valence-corrected chi connectivity index (χ2v) is 6.63. The number of anilines is 1. The fourth-order valence-electron chi connectivity index (χ4n) is 1.80. The number of para-hydroxylation sites is 1. The normalized spacial score (nSPS) is 11.0. The van der Waals surface area contributed by atoms with Gasteiger partial charge in [0, 0.05) is 0 Å². The van der Waals surface area contributed by atoms with Crippen molar-refractivity contribution in [3.63, 3.8) is 0 Å². The van der Waals surface area contributed by atoms with Crippen molar-refractivity contribution in [2.45, 2.75) is 4.90 Å². The van der Waals surface area contributed by atoms with Crippen LogP contribution in [0.15, 0.2) is 47.4 Å². The first kappa shape index (κ1) is 16.6. The van der Waals surface area contributed by atoms with Crippen LogP contribution in [0.4, 0.5) is 5.69 Å². The van der Waals surface area contributed by atoms with Crippen LogP contribution in [0.2, 0.25) is 10.0 Å². The van der Waals surface area contributed by atoms with Crippen LogP contribution >= 0.6 is 23.2 Å². The van der Waals surface area contributed by atoms with E-state index in [1.807, 2.05) is 0 Å². The quantitative estimate of drug-likeness (QED) is 0.846. The second-order valence-electron chi connectivity index (χ2n) is 4.19. The van der Waals surface area contributed by atoms with Gasteiger partial charge in [-0.15, -0.1) is 0 Å². The fraction of sp³-hybridized carbons (Fsp3) is 0.0714. The number of sulfonamides is 1. The van der Waals surface area contributed by atoms with Crippen LogP contribution in [0, 0.1) is 0 Å². The van der Waals surface area contributed by atoms with E-state index in [-0.39, 0.29) is 26.2 Å². The summed E-state index contributed by atoms with van der Waals surface area (Å²) in [5.41, 5.74) is 0.155. The average molecular weight is 360 g/mol. The number of halogens is 2. The standard InChI is InChI=1S/C14H11Cl2NO4S/c1-21-14(18)9-5-2-3-8-12(9)17-22(19,20)13-10(15)6-4-7-11(13)16/h2-8,17H,1H3. The predicted octanol–water partition coefficient (Wildman–Crippen LogP) is 3.58. The summed E-state index contributed by atoms with van der Waals surface area (Å²) in [5.74, 6) is -0.663. The van der Waals surface area contributed by atoms with Crippen LogP contribution in [-0.2, 0) is 14.8 Å². The number of rotatable bonds is 4. The van der Waals surface area contributed by atoms with Gasteiger partial charge in [-0.1, -0.05) is 41.4 Å². The second kappa shape index (κ2) is 6.56. The van der Waals surface area contributed by atoms with Crippen molar-refractivity contribution in [2.75, 3.05) is 11.8 Å². The highest BCUT2D eigenvalue weighted by Crippen LogP contribution is 2.31. The molecule has 22 heavy (non-hydrogen) atoms. The first-order valence-electron chi connectivity index (χ1n) is 6.01. The SMILES string of the molecule is COC(=O)c1ccccc1NS(=O)(=O)c1c(Cl)cccc1Cl. The summed E-state index contributed by atoms with van der Waals surface area (Å²) in [6.45, 7) is 0. The number of ether oxygens (including phenoxy) is 1. The maximum atomic E-state index is 12.5. The van der Waals surface area contributed by atoms with Gasteiger partial charge in [-0.2, -0.15) is 0 Å². The topological polar surface area (TPSA) is 72.5 Å². The molecule has 0 aliphatic heterocycles. The Labute approximate surface area is 137 Å². The zero-order valence-electron chi connectivity index (χ0n) is 11.3. The Hall–Kier alpha value is -1.76. The van der Waals surface area contributed by atoms with E-state index < -0.39 is 16.0 Å². The fourth-order valence-corrected chi connectivity index (χ4v) is 4.02. The number of carbonyl (C=O) groups excluding carboxylic acids is 1. The summed E-state index contributed by atoms with van der Waals surface area (Å²) in [7, 11) is -2.85. The zero-order chi connectivity index (χ0) is 16.3. The van der Waals surface area contributed by atoms with E-state index in [1.165, 1.54) is 37.4 Å². The summed E-state index contributed by atoms with van der Waals surface area (Å²) in [5, 5.41) is -0.0360. The number of hydrogen-bond acceptors (Lipinski definition) is 4. The van der Waals surface area contributed by atoms with Crippen molar-refractivity contribution in [1.29, 1.82) is 0 Å². The third kappa shape index (κ3) is 3.35. The largest absolute Gasteiger partial charge is 0.465 e. The Morgan fingerprint density at radius 1 is 1.05 bits per heavy atom. The summed E-state index contributed by atoms with van der Waals surface area (Å²) < 4.78 is 31.9. The number of esters is 1. The Bertz CT molecular complexity index is 801. The molecule has 0 radical (unpaired) electrons. The predicted molar refractivity (Wildman–Crippen MR) is 85.1 cm³/mol. The number of carbonyl (C=O) groups is 1.